The maximum Gasteiger partial charge on any atom is 0.285 e. The number of amides is 1. The molecule has 0 N–H and O–H groups in total. The molecule has 11 heteroatoms. The molecule has 0 aromatic heterocycles. The van der Waals surface area contributed by atoms with Crippen LogP contribution in [0.25, 0.3) is 0 Å². The first-order valence-corrected chi connectivity index (χ1v) is 12.3. The number of ether oxygens (including phenoxy) is 1. The Hall–Kier alpha value is -1.81. The van der Waals surface area contributed by atoms with Crippen LogP contribution in [0, 0.1) is 5.82 Å². The van der Waals surface area contributed by atoms with Gasteiger partial charge in [-0.2, -0.15) is 4.99 Å². The smallest absolute Gasteiger partial charge is 0.285 e. The summed E-state index contributed by atoms with van der Waals surface area (Å²) in [5.41, 5.74) is 0.476. The van der Waals surface area contributed by atoms with Gasteiger partial charge < -0.3 is 9.64 Å². The van der Waals surface area contributed by atoms with Gasteiger partial charge in [-0.05, 0) is 42.5 Å². The topological polar surface area (TPSA) is 76.0 Å². The number of fused-ring (bicyclic) bond motifs is 1. The van der Waals surface area contributed by atoms with E-state index in [4.69, 9.17) is 27.9 Å². The van der Waals surface area contributed by atoms with E-state index < -0.39 is 27.6 Å². The Kier molecular flexibility index (Phi) is 5.98. The van der Waals surface area contributed by atoms with Crippen LogP contribution in [0.4, 0.5) is 10.1 Å². The van der Waals surface area contributed by atoms with Gasteiger partial charge in [0.05, 0.1) is 22.6 Å². The predicted octanol–water partition coefficient (Wildman–Crippen LogP) is 3.81. The Labute approximate surface area is 186 Å². The number of anilines is 1. The number of hydrogen-bond donors (Lipinski definition) is 0. The van der Waals surface area contributed by atoms with E-state index in [1.54, 1.807) is 29.2 Å². The van der Waals surface area contributed by atoms with E-state index in [1.807, 2.05) is 0 Å². The Morgan fingerprint density at radius 2 is 1.93 bits per heavy atom. The highest BCUT2D eigenvalue weighted by atomic mass is 35.5. The lowest BCUT2D eigenvalue weighted by Crippen LogP contribution is -2.37. The third kappa shape index (κ3) is 4.59. The molecule has 2 fully saturated rings. The summed E-state index contributed by atoms with van der Waals surface area (Å²) >= 11 is 12.9. The highest BCUT2D eigenvalue weighted by Gasteiger charge is 2.49. The molecular formula is C19H15Cl2FN2O4S2. The first-order valence-electron chi connectivity index (χ1n) is 8.83. The monoisotopic (exact) mass is 488 g/mol. The molecule has 6 nitrogen and oxygen atoms in total. The van der Waals surface area contributed by atoms with E-state index in [0.29, 0.717) is 21.6 Å². The number of aliphatic imine (C=N–C) groups is 1. The van der Waals surface area contributed by atoms with Gasteiger partial charge in [-0.1, -0.05) is 35.0 Å². The van der Waals surface area contributed by atoms with Crippen molar-refractivity contribution in [1.82, 2.24) is 0 Å². The number of thioether (sulfide) groups is 1. The second-order valence-corrected chi connectivity index (χ2v) is 11.0. The minimum Gasteiger partial charge on any atom is -0.484 e. The molecule has 0 aliphatic carbocycles. The first-order chi connectivity index (χ1) is 14.2. The summed E-state index contributed by atoms with van der Waals surface area (Å²) in [6.07, 6.45) is 0. The van der Waals surface area contributed by atoms with Crippen LogP contribution in [-0.2, 0) is 14.6 Å². The zero-order valence-electron chi connectivity index (χ0n) is 15.3. The van der Waals surface area contributed by atoms with Gasteiger partial charge in [0.1, 0.15) is 11.6 Å². The van der Waals surface area contributed by atoms with Crippen LogP contribution in [0.2, 0.25) is 10.0 Å². The van der Waals surface area contributed by atoms with Crippen molar-refractivity contribution >= 4 is 61.6 Å². The third-order valence-electron chi connectivity index (χ3n) is 4.64. The zero-order chi connectivity index (χ0) is 21.5. The fourth-order valence-corrected chi connectivity index (χ4v) is 7.55. The highest BCUT2D eigenvalue weighted by Crippen LogP contribution is 2.41. The quantitative estimate of drug-likeness (QED) is 0.650. The summed E-state index contributed by atoms with van der Waals surface area (Å²) in [5, 5.41) is 0.514. The van der Waals surface area contributed by atoms with Crippen molar-refractivity contribution in [1.29, 1.82) is 0 Å². The molecule has 158 valence electrons. The largest absolute Gasteiger partial charge is 0.484 e. The van der Waals surface area contributed by atoms with Gasteiger partial charge in [0.25, 0.3) is 5.91 Å². The predicted molar refractivity (Wildman–Crippen MR) is 117 cm³/mol. The lowest BCUT2D eigenvalue weighted by molar-refractivity contribution is -0.119. The van der Waals surface area contributed by atoms with E-state index in [0.717, 1.165) is 0 Å². The summed E-state index contributed by atoms with van der Waals surface area (Å²) < 4.78 is 43.2. The van der Waals surface area contributed by atoms with E-state index in [1.165, 1.54) is 30.0 Å². The zero-order valence-corrected chi connectivity index (χ0v) is 18.4. The second kappa shape index (κ2) is 8.37. The molecule has 2 aliphatic rings. The van der Waals surface area contributed by atoms with Gasteiger partial charge in [-0.15, -0.1) is 0 Å². The molecule has 0 saturated carbocycles. The second-order valence-electron chi connectivity index (χ2n) is 6.80. The third-order valence-corrected chi connectivity index (χ3v) is 8.40. The first kappa shape index (κ1) is 21.4. The molecule has 0 bridgehead atoms. The number of sulfone groups is 1. The van der Waals surface area contributed by atoms with Crippen LogP contribution >= 0.6 is 35.0 Å². The Balaban J connectivity index is 1.57. The van der Waals surface area contributed by atoms with Crippen molar-refractivity contribution in [3.8, 4) is 5.75 Å². The van der Waals surface area contributed by atoms with Gasteiger partial charge in [0.2, 0.25) is 0 Å². The molecule has 2 aliphatic heterocycles. The molecule has 2 atom stereocenters. The summed E-state index contributed by atoms with van der Waals surface area (Å²) in [4.78, 5) is 18.2. The molecule has 2 aromatic carbocycles. The lowest BCUT2D eigenvalue weighted by atomic mass is 10.2. The normalized spacial score (nSPS) is 23.6. The maximum atomic E-state index is 13.6. The van der Waals surface area contributed by atoms with Crippen LogP contribution in [0.5, 0.6) is 5.75 Å². The molecule has 1 amide bonds. The number of amidine groups is 1. The molecule has 2 heterocycles. The highest BCUT2D eigenvalue weighted by molar-refractivity contribution is 8.16. The molecular weight excluding hydrogens is 474 g/mol. The van der Waals surface area contributed by atoms with Crippen LogP contribution < -0.4 is 9.64 Å². The van der Waals surface area contributed by atoms with E-state index in [-0.39, 0.29) is 28.4 Å². The van der Waals surface area contributed by atoms with Crippen molar-refractivity contribution in [2.24, 2.45) is 4.99 Å². The molecule has 0 radical (unpaired) electrons. The summed E-state index contributed by atoms with van der Waals surface area (Å²) in [6.45, 7) is -0.294. The fourth-order valence-electron chi connectivity index (χ4n) is 3.32. The van der Waals surface area contributed by atoms with Gasteiger partial charge in [0, 0.05) is 16.0 Å². The van der Waals surface area contributed by atoms with Gasteiger partial charge in [0.15, 0.2) is 21.6 Å². The summed E-state index contributed by atoms with van der Waals surface area (Å²) in [5.74, 6) is -0.740. The number of nitrogens with zero attached hydrogens (tertiary/aromatic N) is 2. The molecule has 30 heavy (non-hydrogen) atoms. The van der Waals surface area contributed by atoms with Crippen molar-refractivity contribution in [2.75, 3.05) is 23.0 Å². The lowest BCUT2D eigenvalue weighted by Gasteiger charge is -2.24. The van der Waals surface area contributed by atoms with Crippen LogP contribution in [0.3, 0.4) is 0 Å². The van der Waals surface area contributed by atoms with Crippen molar-refractivity contribution in [3.63, 3.8) is 0 Å². The number of carbonyl (C=O) groups excluding carboxylic acids is 1. The van der Waals surface area contributed by atoms with Crippen LogP contribution in [0.15, 0.2) is 47.5 Å². The average Bonchev–Trinajstić information content (AvgIpc) is 3.14. The summed E-state index contributed by atoms with van der Waals surface area (Å²) in [7, 11) is -3.21. The maximum absolute atomic E-state index is 13.6. The molecule has 2 saturated heterocycles. The van der Waals surface area contributed by atoms with E-state index >= 15 is 0 Å². The van der Waals surface area contributed by atoms with Gasteiger partial charge in [-0.3, -0.25) is 4.79 Å². The standard InChI is InChI=1S/C19H15Cl2FN2O4S2/c20-11-1-4-13(5-2-11)28-8-18(25)23-19-24(12-3-6-15(22)14(21)7-12)16-9-30(26,27)10-17(16)29-19/h1-7,16-17H,8-10H2/t16-,17+/m1/s1. The molecule has 0 unspecified atom stereocenters. The number of halogens is 3. The number of carbonyl (C=O) groups is 1. The number of hydrogen-bond acceptors (Lipinski definition) is 5. The number of rotatable bonds is 4. The Morgan fingerprint density at radius 1 is 1.20 bits per heavy atom. The fraction of sp³-hybridized carbons (Fsp3) is 0.263. The van der Waals surface area contributed by atoms with E-state index in [9.17, 15) is 17.6 Å². The minimum absolute atomic E-state index is 0.0117. The number of benzene rings is 2. The molecule has 2 aromatic rings. The van der Waals surface area contributed by atoms with Crippen molar-refractivity contribution < 1.29 is 22.3 Å². The summed E-state index contributed by atoms with van der Waals surface area (Å²) in [6, 6.07) is 10.2. The Bertz CT molecular complexity index is 1130. The SMILES string of the molecule is O=C(COc1ccc(Cl)cc1)N=C1S[C@H]2CS(=O)(=O)C[C@H]2N1c1ccc(F)c(Cl)c1. The van der Waals surface area contributed by atoms with Crippen molar-refractivity contribution in [2.45, 2.75) is 11.3 Å². The minimum atomic E-state index is -3.21. The van der Waals surface area contributed by atoms with Gasteiger partial charge in [-0.25, -0.2) is 12.8 Å². The van der Waals surface area contributed by atoms with Crippen LogP contribution in [-0.4, -0.2) is 48.9 Å². The molecule has 0 spiro atoms. The van der Waals surface area contributed by atoms with E-state index in [2.05, 4.69) is 4.99 Å². The Morgan fingerprint density at radius 3 is 2.63 bits per heavy atom. The van der Waals surface area contributed by atoms with Crippen LogP contribution in [0.1, 0.15) is 0 Å². The van der Waals surface area contributed by atoms with Gasteiger partial charge >= 0.3 is 0 Å². The van der Waals surface area contributed by atoms with Crippen molar-refractivity contribution in [3.05, 3.63) is 58.3 Å². The molecule has 4 rings (SSSR count). The average molecular weight is 489 g/mol.